The van der Waals surface area contributed by atoms with Gasteiger partial charge in [-0.1, -0.05) is 35.3 Å². The first-order valence-electron chi connectivity index (χ1n) is 8.51. The average Bonchev–Trinajstić information content (AvgIpc) is 3.13. The van der Waals surface area contributed by atoms with E-state index in [1.165, 1.54) is 11.3 Å². The van der Waals surface area contributed by atoms with Gasteiger partial charge in [-0.25, -0.2) is 4.98 Å². The lowest BCUT2D eigenvalue weighted by Crippen LogP contribution is -2.29. The molecule has 0 aliphatic rings. The number of thiazole rings is 1. The summed E-state index contributed by atoms with van der Waals surface area (Å²) in [7, 11) is 0. The van der Waals surface area contributed by atoms with Crippen molar-refractivity contribution in [2.45, 2.75) is 19.1 Å². The summed E-state index contributed by atoms with van der Waals surface area (Å²) in [5, 5.41) is 16.7. The molecule has 3 rings (SSSR count). The summed E-state index contributed by atoms with van der Waals surface area (Å²) in [5.74, 6) is 0.499. The molecule has 0 spiro atoms. The van der Waals surface area contributed by atoms with Crippen LogP contribution in [-0.4, -0.2) is 22.5 Å². The molecule has 1 amide bonds. The Morgan fingerprint density at radius 1 is 1.11 bits per heavy atom. The fraction of sp³-hybridized carbons (Fsp3) is 0.200. The number of carbonyl (C=O) groups excluding carboxylic acids is 1. The first-order chi connectivity index (χ1) is 13.5. The Hall–Kier alpha value is -2.12. The Bertz CT molecular complexity index is 914. The lowest BCUT2D eigenvalue weighted by Gasteiger charge is -2.12. The Morgan fingerprint density at radius 3 is 2.43 bits per heavy atom. The third-order valence-electron chi connectivity index (χ3n) is 3.86. The lowest BCUT2D eigenvalue weighted by atomic mass is 10.1. The number of nitrogens with zero attached hydrogens (tertiary/aromatic N) is 1. The first-order valence-corrected chi connectivity index (χ1v) is 10.1. The lowest BCUT2D eigenvalue weighted by molar-refractivity contribution is -0.120. The first kappa shape index (κ1) is 20.6. The SMILES string of the molecule is O=C(Cc1csc(COc2ccc(Cl)cc2)n1)NCC(O)c1ccc(Cl)cc1. The van der Waals surface area contributed by atoms with Crippen molar-refractivity contribution in [3.63, 3.8) is 0 Å². The highest BCUT2D eigenvalue weighted by atomic mass is 35.5. The number of aromatic nitrogens is 1. The minimum atomic E-state index is -0.792. The van der Waals surface area contributed by atoms with Crippen LogP contribution in [0.25, 0.3) is 0 Å². The molecule has 1 unspecified atom stereocenters. The van der Waals surface area contributed by atoms with Crippen LogP contribution in [0.1, 0.15) is 22.4 Å². The zero-order chi connectivity index (χ0) is 19.9. The molecule has 0 aliphatic heterocycles. The van der Waals surface area contributed by atoms with E-state index in [0.29, 0.717) is 33.7 Å². The number of hydrogen-bond donors (Lipinski definition) is 2. The molecule has 3 aromatic rings. The van der Waals surface area contributed by atoms with Crippen molar-refractivity contribution in [1.82, 2.24) is 10.3 Å². The van der Waals surface area contributed by atoms with Crippen LogP contribution in [0.15, 0.2) is 53.9 Å². The molecule has 2 aromatic carbocycles. The molecule has 0 saturated carbocycles. The molecule has 28 heavy (non-hydrogen) atoms. The largest absolute Gasteiger partial charge is 0.486 e. The Morgan fingerprint density at radius 2 is 1.75 bits per heavy atom. The van der Waals surface area contributed by atoms with E-state index in [4.69, 9.17) is 27.9 Å². The van der Waals surface area contributed by atoms with Gasteiger partial charge in [0.25, 0.3) is 0 Å². The van der Waals surface area contributed by atoms with Gasteiger partial charge in [-0.2, -0.15) is 0 Å². The van der Waals surface area contributed by atoms with Crippen molar-refractivity contribution < 1.29 is 14.6 Å². The zero-order valence-electron chi connectivity index (χ0n) is 14.8. The second kappa shape index (κ2) is 9.89. The second-order valence-electron chi connectivity index (χ2n) is 6.02. The number of ether oxygens (including phenoxy) is 1. The number of carbonyl (C=O) groups is 1. The summed E-state index contributed by atoms with van der Waals surface area (Å²) in [6, 6.07) is 13.9. The molecule has 0 saturated heterocycles. The van der Waals surface area contributed by atoms with Gasteiger partial charge in [0.05, 0.1) is 18.2 Å². The van der Waals surface area contributed by atoms with Gasteiger partial charge in [0, 0.05) is 22.0 Å². The maximum absolute atomic E-state index is 12.1. The van der Waals surface area contributed by atoms with Gasteiger partial charge in [-0.15, -0.1) is 11.3 Å². The standard InChI is InChI=1S/C20H18Cl2N2O3S/c21-14-3-1-13(2-4-14)18(25)10-23-19(26)9-16-12-28-20(24-16)11-27-17-7-5-15(22)6-8-17/h1-8,12,18,25H,9-11H2,(H,23,26). The van der Waals surface area contributed by atoms with Crippen LogP contribution < -0.4 is 10.1 Å². The highest BCUT2D eigenvalue weighted by molar-refractivity contribution is 7.09. The Balaban J connectivity index is 1.44. The smallest absolute Gasteiger partial charge is 0.226 e. The highest BCUT2D eigenvalue weighted by Crippen LogP contribution is 2.19. The third-order valence-corrected chi connectivity index (χ3v) is 5.24. The van der Waals surface area contributed by atoms with Crippen molar-refractivity contribution >= 4 is 40.4 Å². The predicted molar refractivity (Wildman–Crippen MR) is 111 cm³/mol. The fourth-order valence-corrected chi connectivity index (χ4v) is 3.37. The van der Waals surface area contributed by atoms with Gasteiger partial charge in [-0.05, 0) is 42.0 Å². The number of rotatable bonds is 8. The second-order valence-corrected chi connectivity index (χ2v) is 7.84. The molecule has 1 atom stereocenters. The van der Waals surface area contributed by atoms with E-state index in [1.807, 2.05) is 5.38 Å². The molecule has 0 bridgehead atoms. The quantitative estimate of drug-likeness (QED) is 0.547. The van der Waals surface area contributed by atoms with E-state index in [9.17, 15) is 9.90 Å². The zero-order valence-corrected chi connectivity index (χ0v) is 17.1. The van der Waals surface area contributed by atoms with Gasteiger partial charge in [-0.3, -0.25) is 4.79 Å². The van der Waals surface area contributed by atoms with Crippen LogP contribution in [-0.2, 0) is 17.8 Å². The topological polar surface area (TPSA) is 71.5 Å². The van der Waals surface area contributed by atoms with E-state index in [1.54, 1.807) is 48.5 Å². The van der Waals surface area contributed by atoms with Crippen LogP contribution in [0.4, 0.5) is 0 Å². The third kappa shape index (κ3) is 6.21. The van der Waals surface area contributed by atoms with Crippen LogP contribution in [0.3, 0.4) is 0 Å². The summed E-state index contributed by atoms with van der Waals surface area (Å²) in [5.41, 5.74) is 1.36. The van der Waals surface area contributed by atoms with Gasteiger partial charge >= 0.3 is 0 Å². The fourth-order valence-electron chi connectivity index (χ4n) is 2.41. The molecule has 1 heterocycles. The summed E-state index contributed by atoms with van der Waals surface area (Å²) in [6.07, 6.45) is -0.648. The number of aliphatic hydroxyl groups is 1. The maximum atomic E-state index is 12.1. The summed E-state index contributed by atoms with van der Waals surface area (Å²) < 4.78 is 5.65. The number of benzene rings is 2. The molecule has 146 valence electrons. The van der Waals surface area contributed by atoms with E-state index in [2.05, 4.69) is 10.3 Å². The van der Waals surface area contributed by atoms with Crippen LogP contribution in [0.2, 0.25) is 10.0 Å². The summed E-state index contributed by atoms with van der Waals surface area (Å²) >= 11 is 13.1. The maximum Gasteiger partial charge on any atom is 0.226 e. The molecule has 5 nitrogen and oxygen atoms in total. The average molecular weight is 437 g/mol. The van der Waals surface area contributed by atoms with Gasteiger partial charge < -0.3 is 15.2 Å². The number of nitrogens with one attached hydrogen (secondary N) is 1. The number of amides is 1. The Kier molecular flexibility index (Phi) is 7.28. The molecular formula is C20H18Cl2N2O3S. The van der Waals surface area contributed by atoms with Gasteiger partial charge in [0.15, 0.2) is 0 Å². The Labute approximate surface area is 176 Å². The minimum Gasteiger partial charge on any atom is -0.486 e. The van der Waals surface area contributed by atoms with Crippen molar-refractivity contribution in [2.24, 2.45) is 0 Å². The number of halogens is 2. The van der Waals surface area contributed by atoms with E-state index >= 15 is 0 Å². The predicted octanol–water partition coefficient (Wildman–Crippen LogP) is 4.42. The molecular weight excluding hydrogens is 419 g/mol. The van der Waals surface area contributed by atoms with Gasteiger partial charge in [0.2, 0.25) is 5.91 Å². The van der Waals surface area contributed by atoms with E-state index < -0.39 is 6.10 Å². The van der Waals surface area contributed by atoms with Crippen LogP contribution in [0, 0.1) is 0 Å². The minimum absolute atomic E-state index is 0.122. The molecule has 2 N–H and O–H groups in total. The normalized spacial score (nSPS) is 11.8. The van der Waals surface area contributed by atoms with E-state index in [0.717, 1.165) is 5.01 Å². The van der Waals surface area contributed by atoms with Crippen LogP contribution >= 0.6 is 34.5 Å². The summed E-state index contributed by atoms with van der Waals surface area (Å²) in [4.78, 5) is 16.5. The monoisotopic (exact) mass is 436 g/mol. The summed E-state index contributed by atoms with van der Waals surface area (Å²) in [6.45, 7) is 0.445. The molecule has 0 fully saturated rings. The van der Waals surface area contributed by atoms with E-state index in [-0.39, 0.29) is 18.9 Å². The molecule has 8 heteroatoms. The molecule has 0 aliphatic carbocycles. The van der Waals surface area contributed by atoms with Gasteiger partial charge in [0.1, 0.15) is 17.4 Å². The molecule has 0 radical (unpaired) electrons. The van der Waals surface area contributed by atoms with Crippen molar-refractivity contribution in [3.8, 4) is 5.75 Å². The van der Waals surface area contributed by atoms with Crippen molar-refractivity contribution in [2.75, 3.05) is 6.54 Å². The van der Waals surface area contributed by atoms with Crippen molar-refractivity contribution in [1.29, 1.82) is 0 Å². The number of hydrogen-bond acceptors (Lipinski definition) is 5. The van der Waals surface area contributed by atoms with Crippen LogP contribution in [0.5, 0.6) is 5.75 Å². The highest BCUT2D eigenvalue weighted by Gasteiger charge is 2.12. The van der Waals surface area contributed by atoms with Crippen molar-refractivity contribution in [3.05, 3.63) is 80.2 Å². The molecule has 1 aromatic heterocycles. The number of aliphatic hydroxyl groups excluding tert-OH is 1.